The highest BCUT2D eigenvalue weighted by atomic mass is 16.5. The van der Waals surface area contributed by atoms with E-state index in [2.05, 4.69) is 0 Å². The van der Waals surface area contributed by atoms with Crippen molar-refractivity contribution in [2.45, 2.75) is 45.2 Å². The molecule has 0 aromatic heterocycles. The first-order valence-corrected chi connectivity index (χ1v) is 6.37. The fourth-order valence-electron chi connectivity index (χ4n) is 1.49. The van der Waals surface area contributed by atoms with Gasteiger partial charge in [-0.3, -0.25) is 0 Å². The Morgan fingerprint density at radius 3 is 2.05 bits per heavy atom. The van der Waals surface area contributed by atoms with Crippen molar-refractivity contribution >= 4 is 7.12 Å². The summed E-state index contributed by atoms with van der Waals surface area (Å²) < 4.78 is 10.6. The zero-order valence-electron chi connectivity index (χ0n) is 12.3. The van der Waals surface area contributed by atoms with Crippen LogP contribution in [0.15, 0.2) is 24.3 Å². The molecule has 0 spiro atoms. The summed E-state index contributed by atoms with van der Waals surface area (Å²) in [5, 5.41) is 19.9. The third-order valence-corrected chi connectivity index (χ3v) is 3.47. The van der Waals surface area contributed by atoms with Gasteiger partial charge in [0, 0.05) is 6.32 Å². The van der Waals surface area contributed by atoms with E-state index in [1.165, 1.54) is 0 Å². The van der Waals surface area contributed by atoms with Crippen LogP contribution in [0.2, 0.25) is 0 Å². The van der Waals surface area contributed by atoms with Crippen LogP contribution < -0.4 is 4.74 Å². The predicted molar refractivity (Wildman–Crippen MR) is 76.1 cm³/mol. The third-order valence-electron chi connectivity index (χ3n) is 3.47. The van der Waals surface area contributed by atoms with Crippen LogP contribution in [0.3, 0.4) is 0 Å². The lowest BCUT2D eigenvalue weighted by Crippen LogP contribution is -2.50. The van der Waals surface area contributed by atoms with Gasteiger partial charge in [-0.25, -0.2) is 0 Å². The molecule has 1 aromatic rings. The van der Waals surface area contributed by atoms with E-state index in [0.29, 0.717) is 6.32 Å². The largest absolute Gasteiger partial charge is 0.497 e. The van der Waals surface area contributed by atoms with Crippen molar-refractivity contribution in [3.8, 4) is 5.75 Å². The number of rotatable bonds is 6. The fourth-order valence-corrected chi connectivity index (χ4v) is 1.49. The molecule has 0 radical (unpaired) electrons. The minimum Gasteiger partial charge on any atom is -0.497 e. The summed E-state index contributed by atoms with van der Waals surface area (Å²) in [5.74, 6) is 0.774. The van der Waals surface area contributed by atoms with Crippen molar-refractivity contribution < 1.29 is 19.5 Å². The van der Waals surface area contributed by atoms with E-state index in [4.69, 9.17) is 9.39 Å². The molecule has 4 nitrogen and oxygen atoms in total. The summed E-state index contributed by atoms with van der Waals surface area (Å²) in [6, 6.07) is 7.43. The third kappa shape index (κ3) is 4.53. The van der Waals surface area contributed by atoms with E-state index >= 15 is 0 Å². The SMILES string of the molecule is COc1ccc(CB(O)OC(C)(C)C(C)(C)O)cc1. The molecule has 0 atom stereocenters. The molecule has 0 bridgehead atoms. The Morgan fingerprint density at radius 1 is 1.11 bits per heavy atom. The maximum absolute atomic E-state index is 9.98. The molecule has 2 N–H and O–H groups in total. The molecule has 0 saturated heterocycles. The van der Waals surface area contributed by atoms with Crippen molar-refractivity contribution in [1.29, 1.82) is 0 Å². The van der Waals surface area contributed by atoms with Crippen molar-refractivity contribution in [3.05, 3.63) is 29.8 Å². The second-order valence-electron chi connectivity index (χ2n) is 5.69. The van der Waals surface area contributed by atoms with Crippen LogP contribution in [0.5, 0.6) is 5.75 Å². The van der Waals surface area contributed by atoms with Gasteiger partial charge >= 0.3 is 7.12 Å². The van der Waals surface area contributed by atoms with Gasteiger partial charge in [0.15, 0.2) is 0 Å². The van der Waals surface area contributed by atoms with E-state index < -0.39 is 18.3 Å². The maximum atomic E-state index is 9.98. The Balaban J connectivity index is 2.62. The van der Waals surface area contributed by atoms with Crippen LogP contribution in [0, 0.1) is 0 Å². The average Bonchev–Trinajstić information content (AvgIpc) is 2.27. The van der Waals surface area contributed by atoms with Crippen LogP contribution in [-0.4, -0.2) is 35.6 Å². The zero-order valence-corrected chi connectivity index (χ0v) is 12.3. The molecular formula is C14H23BO4. The van der Waals surface area contributed by atoms with Gasteiger partial charge in [-0.15, -0.1) is 0 Å². The molecule has 0 fully saturated rings. The molecule has 1 aromatic carbocycles. The Bertz CT molecular complexity index is 395. The molecule has 0 amide bonds. The van der Waals surface area contributed by atoms with Gasteiger partial charge in [0.1, 0.15) is 5.75 Å². The normalized spacial score (nSPS) is 12.4. The molecule has 0 saturated carbocycles. The van der Waals surface area contributed by atoms with Gasteiger partial charge in [-0.2, -0.15) is 0 Å². The second kappa shape index (κ2) is 5.95. The topological polar surface area (TPSA) is 58.9 Å². The Hall–Kier alpha value is -1.04. The van der Waals surface area contributed by atoms with Crippen molar-refractivity contribution in [2.75, 3.05) is 7.11 Å². The minimum atomic E-state index is -1.03. The highest BCUT2D eigenvalue weighted by molar-refractivity contribution is 6.42. The number of hydrogen-bond acceptors (Lipinski definition) is 4. The van der Waals surface area contributed by atoms with Crippen LogP contribution in [-0.2, 0) is 11.0 Å². The summed E-state index contributed by atoms with van der Waals surface area (Å²) in [6.07, 6.45) is 0.365. The number of aliphatic hydroxyl groups is 1. The summed E-state index contributed by atoms with van der Waals surface area (Å²) in [5.41, 5.74) is -0.924. The number of benzene rings is 1. The number of ether oxygens (including phenoxy) is 1. The van der Waals surface area contributed by atoms with Gasteiger partial charge in [-0.05, 0) is 45.4 Å². The van der Waals surface area contributed by atoms with Gasteiger partial charge in [0.05, 0.1) is 18.3 Å². The summed E-state index contributed by atoms with van der Waals surface area (Å²) in [4.78, 5) is 0. The lowest BCUT2D eigenvalue weighted by molar-refractivity contribution is -0.100. The summed E-state index contributed by atoms with van der Waals surface area (Å²) >= 11 is 0. The maximum Gasteiger partial charge on any atom is 0.459 e. The Morgan fingerprint density at radius 2 is 1.63 bits per heavy atom. The number of methoxy groups -OCH3 is 1. The smallest absolute Gasteiger partial charge is 0.459 e. The number of hydrogen-bond donors (Lipinski definition) is 2. The molecule has 106 valence electrons. The van der Waals surface area contributed by atoms with Crippen LogP contribution in [0.4, 0.5) is 0 Å². The van der Waals surface area contributed by atoms with E-state index in [9.17, 15) is 10.1 Å². The van der Waals surface area contributed by atoms with Gasteiger partial charge in [-0.1, -0.05) is 12.1 Å². The monoisotopic (exact) mass is 266 g/mol. The molecule has 19 heavy (non-hydrogen) atoms. The highest BCUT2D eigenvalue weighted by Gasteiger charge is 2.38. The van der Waals surface area contributed by atoms with Crippen molar-refractivity contribution in [1.82, 2.24) is 0 Å². The van der Waals surface area contributed by atoms with Crippen LogP contribution in [0.1, 0.15) is 33.3 Å². The molecular weight excluding hydrogens is 243 g/mol. The Labute approximate surface area is 115 Å². The van der Waals surface area contributed by atoms with Crippen LogP contribution in [0.25, 0.3) is 0 Å². The van der Waals surface area contributed by atoms with E-state index in [1.54, 1.807) is 34.8 Å². The van der Waals surface area contributed by atoms with E-state index in [1.807, 2.05) is 24.3 Å². The standard InChI is InChI=1S/C14H23BO4/c1-13(2,16)14(3,4)19-15(17)10-11-6-8-12(18-5)9-7-11/h6-9,16-17H,10H2,1-5H3. The highest BCUT2D eigenvalue weighted by Crippen LogP contribution is 2.26. The predicted octanol–water partition coefficient (Wildman–Crippen LogP) is 1.82. The quantitative estimate of drug-likeness (QED) is 0.771. The minimum absolute atomic E-state index is 0.365. The molecule has 0 aliphatic carbocycles. The van der Waals surface area contributed by atoms with Gasteiger partial charge < -0.3 is 19.5 Å². The molecule has 1 rings (SSSR count). The molecule has 0 unspecified atom stereocenters. The summed E-state index contributed by atoms with van der Waals surface area (Å²) in [7, 11) is 0.647. The fraction of sp³-hybridized carbons (Fsp3) is 0.571. The van der Waals surface area contributed by atoms with Crippen molar-refractivity contribution in [3.63, 3.8) is 0 Å². The first kappa shape index (κ1) is 16.0. The lowest BCUT2D eigenvalue weighted by atomic mass is 9.78. The average molecular weight is 266 g/mol. The van der Waals surface area contributed by atoms with E-state index in [-0.39, 0.29) is 0 Å². The molecule has 0 aliphatic rings. The zero-order chi connectivity index (χ0) is 14.7. The lowest BCUT2D eigenvalue weighted by Gasteiger charge is -2.38. The molecule has 0 heterocycles. The summed E-state index contributed by atoms with van der Waals surface area (Å²) in [6.45, 7) is 6.83. The van der Waals surface area contributed by atoms with Gasteiger partial charge in [0.25, 0.3) is 0 Å². The van der Waals surface area contributed by atoms with Gasteiger partial charge in [0.2, 0.25) is 0 Å². The first-order valence-electron chi connectivity index (χ1n) is 6.37. The molecule has 0 aliphatic heterocycles. The second-order valence-corrected chi connectivity index (χ2v) is 5.69. The van der Waals surface area contributed by atoms with E-state index in [0.717, 1.165) is 11.3 Å². The van der Waals surface area contributed by atoms with Crippen molar-refractivity contribution in [2.24, 2.45) is 0 Å². The first-order chi connectivity index (χ1) is 8.65. The molecule has 5 heteroatoms. The van der Waals surface area contributed by atoms with Crippen LogP contribution >= 0.6 is 0 Å². The Kier molecular flexibility index (Phi) is 5.01.